The molecule has 0 heterocycles. The number of rotatable bonds is 4. The summed E-state index contributed by atoms with van der Waals surface area (Å²) in [6.45, 7) is 0. The van der Waals surface area contributed by atoms with Crippen LogP contribution in [0.4, 0.5) is 5.69 Å². The van der Waals surface area contributed by atoms with Crippen molar-refractivity contribution in [3.05, 3.63) is 59.1 Å². The molecule has 92 valence electrons. The second-order valence-electron chi connectivity index (χ2n) is 3.84. The Bertz CT molecular complexity index is 517. The first-order valence-corrected chi connectivity index (χ1v) is 6.07. The van der Waals surface area contributed by atoms with Gasteiger partial charge in [-0.1, -0.05) is 23.7 Å². The summed E-state index contributed by atoms with van der Waals surface area (Å²) in [6.07, 6.45) is 2.69. The van der Waals surface area contributed by atoms with Gasteiger partial charge in [0.05, 0.1) is 12.8 Å². The Kier molecular flexibility index (Phi) is 4.37. The highest BCUT2D eigenvalue weighted by Crippen LogP contribution is 2.17. The highest BCUT2D eigenvalue weighted by atomic mass is 35.5. The molecule has 0 unspecified atom stereocenters. The molecule has 0 aromatic heterocycles. The van der Waals surface area contributed by atoms with Gasteiger partial charge in [-0.25, -0.2) is 0 Å². The minimum Gasteiger partial charge on any atom is -0.497 e. The molecule has 0 aliphatic carbocycles. The fourth-order valence-electron chi connectivity index (χ4n) is 1.55. The Labute approximate surface area is 112 Å². The van der Waals surface area contributed by atoms with Gasteiger partial charge in [0.25, 0.3) is 0 Å². The van der Waals surface area contributed by atoms with E-state index in [1.807, 2.05) is 54.7 Å². The smallest absolute Gasteiger partial charge is 0.119 e. The third-order valence-electron chi connectivity index (χ3n) is 2.55. The van der Waals surface area contributed by atoms with Crippen LogP contribution in [-0.4, -0.2) is 13.3 Å². The predicted molar refractivity (Wildman–Crippen MR) is 76.3 cm³/mol. The Balaban J connectivity index is 1.96. The van der Waals surface area contributed by atoms with E-state index in [2.05, 4.69) is 4.99 Å². The lowest BCUT2D eigenvalue weighted by atomic mass is 10.2. The summed E-state index contributed by atoms with van der Waals surface area (Å²) in [4.78, 5) is 4.39. The zero-order valence-electron chi connectivity index (χ0n) is 10.1. The maximum absolute atomic E-state index is 5.82. The first-order valence-electron chi connectivity index (χ1n) is 5.69. The molecule has 0 bridgehead atoms. The summed E-state index contributed by atoms with van der Waals surface area (Å²) in [5.41, 5.74) is 2.11. The van der Waals surface area contributed by atoms with E-state index in [0.717, 1.165) is 22.9 Å². The SMILES string of the molecule is COc1ccc(N=CCc2ccc(Cl)cc2)cc1. The molecular weight excluding hydrogens is 246 g/mol. The molecule has 0 aliphatic rings. The zero-order valence-corrected chi connectivity index (χ0v) is 10.9. The fraction of sp³-hybridized carbons (Fsp3) is 0.133. The van der Waals surface area contributed by atoms with Crippen LogP contribution >= 0.6 is 11.6 Å². The molecule has 0 saturated heterocycles. The molecule has 0 saturated carbocycles. The van der Waals surface area contributed by atoms with Crippen molar-refractivity contribution in [1.82, 2.24) is 0 Å². The van der Waals surface area contributed by atoms with Crippen LogP contribution < -0.4 is 4.74 Å². The van der Waals surface area contributed by atoms with E-state index >= 15 is 0 Å². The number of benzene rings is 2. The third kappa shape index (κ3) is 3.60. The molecule has 0 atom stereocenters. The van der Waals surface area contributed by atoms with Gasteiger partial charge in [0.15, 0.2) is 0 Å². The van der Waals surface area contributed by atoms with Crippen molar-refractivity contribution < 1.29 is 4.74 Å². The monoisotopic (exact) mass is 259 g/mol. The summed E-state index contributed by atoms with van der Waals surface area (Å²) in [5.74, 6) is 0.839. The van der Waals surface area contributed by atoms with E-state index in [1.54, 1.807) is 7.11 Å². The van der Waals surface area contributed by atoms with Crippen molar-refractivity contribution in [2.75, 3.05) is 7.11 Å². The van der Waals surface area contributed by atoms with Gasteiger partial charge in [0.1, 0.15) is 5.75 Å². The Morgan fingerprint density at radius 1 is 1.06 bits per heavy atom. The van der Waals surface area contributed by atoms with Gasteiger partial charge in [0, 0.05) is 17.7 Å². The minimum absolute atomic E-state index is 0.755. The lowest BCUT2D eigenvalue weighted by Gasteiger charge is -1.99. The van der Waals surface area contributed by atoms with Crippen LogP contribution in [0.15, 0.2) is 53.5 Å². The lowest BCUT2D eigenvalue weighted by molar-refractivity contribution is 0.415. The average molecular weight is 260 g/mol. The van der Waals surface area contributed by atoms with Gasteiger partial charge in [-0.05, 0) is 42.0 Å². The maximum atomic E-state index is 5.82. The second kappa shape index (κ2) is 6.22. The summed E-state index contributed by atoms with van der Waals surface area (Å²) >= 11 is 5.82. The van der Waals surface area contributed by atoms with Crippen LogP contribution in [0.3, 0.4) is 0 Å². The van der Waals surface area contributed by atoms with Gasteiger partial charge in [-0.15, -0.1) is 0 Å². The quantitative estimate of drug-likeness (QED) is 0.751. The normalized spacial score (nSPS) is 10.8. The number of nitrogens with zero attached hydrogens (tertiary/aromatic N) is 1. The van der Waals surface area contributed by atoms with E-state index in [4.69, 9.17) is 16.3 Å². The number of hydrogen-bond acceptors (Lipinski definition) is 2. The standard InChI is InChI=1S/C15H14ClNO/c1-18-15-8-6-14(7-9-15)17-11-10-12-2-4-13(16)5-3-12/h2-9,11H,10H2,1H3. The fourth-order valence-corrected chi connectivity index (χ4v) is 1.67. The number of hydrogen-bond donors (Lipinski definition) is 0. The van der Waals surface area contributed by atoms with Crippen LogP contribution in [0, 0.1) is 0 Å². The topological polar surface area (TPSA) is 21.6 Å². The second-order valence-corrected chi connectivity index (χ2v) is 4.28. The Hall–Kier alpha value is -1.80. The lowest BCUT2D eigenvalue weighted by Crippen LogP contribution is -1.85. The summed E-state index contributed by atoms with van der Waals surface area (Å²) in [5, 5.41) is 0.755. The molecule has 0 aliphatic heterocycles. The largest absolute Gasteiger partial charge is 0.497 e. The number of aliphatic imine (C=N–C) groups is 1. The van der Waals surface area contributed by atoms with Crippen LogP contribution in [0.25, 0.3) is 0 Å². The van der Waals surface area contributed by atoms with Crippen molar-refractivity contribution in [2.24, 2.45) is 4.99 Å². The molecule has 3 heteroatoms. The van der Waals surface area contributed by atoms with Crippen molar-refractivity contribution >= 4 is 23.5 Å². The molecule has 0 fully saturated rings. The van der Waals surface area contributed by atoms with E-state index in [-0.39, 0.29) is 0 Å². The average Bonchev–Trinajstić information content (AvgIpc) is 2.42. The number of ether oxygens (including phenoxy) is 1. The molecule has 0 spiro atoms. The summed E-state index contributed by atoms with van der Waals surface area (Å²) in [7, 11) is 1.65. The van der Waals surface area contributed by atoms with Crippen molar-refractivity contribution in [1.29, 1.82) is 0 Å². The van der Waals surface area contributed by atoms with Crippen molar-refractivity contribution in [3.8, 4) is 5.75 Å². The summed E-state index contributed by atoms with van der Waals surface area (Å²) < 4.78 is 5.09. The van der Waals surface area contributed by atoms with Gasteiger partial charge in [-0.3, -0.25) is 4.99 Å². The molecule has 2 aromatic carbocycles. The van der Waals surface area contributed by atoms with E-state index in [0.29, 0.717) is 0 Å². The number of halogens is 1. The van der Waals surface area contributed by atoms with E-state index in [9.17, 15) is 0 Å². The van der Waals surface area contributed by atoms with Crippen LogP contribution in [-0.2, 0) is 6.42 Å². The highest BCUT2D eigenvalue weighted by molar-refractivity contribution is 6.30. The maximum Gasteiger partial charge on any atom is 0.119 e. The third-order valence-corrected chi connectivity index (χ3v) is 2.81. The molecule has 0 N–H and O–H groups in total. The molecule has 18 heavy (non-hydrogen) atoms. The van der Waals surface area contributed by atoms with Gasteiger partial charge in [0.2, 0.25) is 0 Å². The number of methoxy groups -OCH3 is 1. The molecular formula is C15H14ClNO. The van der Waals surface area contributed by atoms with Gasteiger partial charge >= 0.3 is 0 Å². The first kappa shape index (κ1) is 12.7. The molecule has 2 rings (SSSR count). The van der Waals surface area contributed by atoms with E-state index in [1.165, 1.54) is 5.56 Å². The predicted octanol–water partition coefficient (Wildman–Crippen LogP) is 4.29. The van der Waals surface area contributed by atoms with Crippen LogP contribution in [0.5, 0.6) is 5.75 Å². The molecule has 2 nitrogen and oxygen atoms in total. The van der Waals surface area contributed by atoms with Gasteiger partial charge < -0.3 is 4.74 Å². The summed E-state index contributed by atoms with van der Waals surface area (Å²) in [6, 6.07) is 15.4. The molecule has 0 radical (unpaired) electrons. The zero-order chi connectivity index (χ0) is 12.8. The van der Waals surface area contributed by atoms with Crippen molar-refractivity contribution in [3.63, 3.8) is 0 Å². The van der Waals surface area contributed by atoms with Crippen LogP contribution in [0.1, 0.15) is 5.56 Å². The minimum atomic E-state index is 0.755. The van der Waals surface area contributed by atoms with Gasteiger partial charge in [-0.2, -0.15) is 0 Å². The highest BCUT2D eigenvalue weighted by Gasteiger charge is 1.92. The van der Waals surface area contributed by atoms with Crippen molar-refractivity contribution in [2.45, 2.75) is 6.42 Å². The Morgan fingerprint density at radius 3 is 2.33 bits per heavy atom. The van der Waals surface area contributed by atoms with E-state index < -0.39 is 0 Å². The first-order chi connectivity index (χ1) is 8.78. The Morgan fingerprint density at radius 2 is 1.72 bits per heavy atom. The molecule has 0 amide bonds. The molecule has 2 aromatic rings. The van der Waals surface area contributed by atoms with Crippen LogP contribution in [0.2, 0.25) is 5.02 Å².